The number of fused-ring (bicyclic) bond motifs is 3. The SMILES string of the molecule is CCC(C)[C@@H]1/C(=C2\C3CC(C(C)C)C=CC3C3C(C)CCCN23)C1NCCCC(C)CC(C)O. The van der Waals surface area contributed by atoms with Crippen molar-refractivity contribution in [2.45, 2.75) is 112 Å². The summed E-state index contributed by atoms with van der Waals surface area (Å²) in [6.45, 7) is 18.8. The highest BCUT2D eigenvalue weighted by Gasteiger charge is 2.56. The molecule has 9 unspecified atom stereocenters. The lowest BCUT2D eigenvalue weighted by atomic mass is 9.71. The molecule has 194 valence electrons. The zero-order valence-electron chi connectivity index (χ0n) is 23.3. The summed E-state index contributed by atoms with van der Waals surface area (Å²) in [7, 11) is 0. The quantitative estimate of drug-likeness (QED) is 0.277. The van der Waals surface area contributed by atoms with Crippen molar-refractivity contribution >= 4 is 0 Å². The maximum Gasteiger partial charge on any atom is 0.0514 e. The van der Waals surface area contributed by atoms with E-state index in [0.29, 0.717) is 12.0 Å². The molecule has 34 heavy (non-hydrogen) atoms. The van der Waals surface area contributed by atoms with Gasteiger partial charge in [0.15, 0.2) is 0 Å². The Balaban J connectivity index is 1.54. The standard InChI is InChI=1S/C31H54N2O/c1-8-21(5)27-28(29(27)32-15-9-11-20(4)17-23(7)34)31-26-18-24(19(2)3)13-14-25(26)30-22(6)12-10-16-33(30)31/h13-14,19-27,29-30,32,34H,8-12,15-18H2,1-7H3/b31-28-/t20?,21?,22?,23?,24?,25?,26?,27-,29?,30?/m1/s1. The molecule has 0 aromatic carbocycles. The number of piperidine rings is 1. The second kappa shape index (κ2) is 11.1. The van der Waals surface area contributed by atoms with E-state index < -0.39 is 0 Å². The molecule has 2 saturated heterocycles. The molecule has 3 heteroatoms. The van der Waals surface area contributed by atoms with Crippen molar-refractivity contribution in [3.05, 3.63) is 23.4 Å². The summed E-state index contributed by atoms with van der Waals surface area (Å²) in [5.41, 5.74) is 3.60. The van der Waals surface area contributed by atoms with Crippen LogP contribution in [0.3, 0.4) is 0 Å². The molecule has 10 atom stereocenters. The van der Waals surface area contributed by atoms with Gasteiger partial charge >= 0.3 is 0 Å². The van der Waals surface area contributed by atoms with E-state index in [0.717, 1.165) is 60.4 Å². The van der Waals surface area contributed by atoms with Crippen LogP contribution in [0, 0.1) is 47.3 Å². The number of aliphatic hydroxyl groups is 1. The molecule has 0 radical (unpaired) electrons. The minimum atomic E-state index is -0.174. The van der Waals surface area contributed by atoms with Crippen molar-refractivity contribution in [3.8, 4) is 0 Å². The Hall–Kier alpha value is -0.800. The number of rotatable bonds is 10. The summed E-state index contributed by atoms with van der Waals surface area (Å²) in [5.74, 6) is 5.84. The molecule has 2 N–H and O–H groups in total. The van der Waals surface area contributed by atoms with Gasteiger partial charge in [0.1, 0.15) is 0 Å². The van der Waals surface area contributed by atoms with Gasteiger partial charge in [-0.2, -0.15) is 0 Å². The number of hydrogen-bond donors (Lipinski definition) is 2. The number of allylic oxidation sites excluding steroid dienone is 2. The Kier molecular flexibility index (Phi) is 8.56. The lowest BCUT2D eigenvalue weighted by molar-refractivity contribution is 0.144. The highest BCUT2D eigenvalue weighted by atomic mass is 16.3. The van der Waals surface area contributed by atoms with Crippen LogP contribution in [-0.4, -0.2) is 41.3 Å². The number of nitrogens with one attached hydrogen (secondary N) is 1. The minimum absolute atomic E-state index is 0.174. The van der Waals surface area contributed by atoms with E-state index in [1.54, 1.807) is 11.3 Å². The molecule has 3 fully saturated rings. The number of aliphatic hydroxyl groups excluding tert-OH is 1. The summed E-state index contributed by atoms with van der Waals surface area (Å²) in [6.07, 6.45) is 13.8. The third-order valence-corrected chi connectivity index (χ3v) is 9.96. The van der Waals surface area contributed by atoms with Gasteiger partial charge in [-0.05, 0) is 87.2 Å². The lowest BCUT2D eigenvalue weighted by Crippen LogP contribution is -2.42. The molecule has 2 aliphatic carbocycles. The van der Waals surface area contributed by atoms with E-state index in [4.69, 9.17) is 0 Å². The largest absolute Gasteiger partial charge is 0.393 e. The second-order valence-corrected chi connectivity index (χ2v) is 13.0. The van der Waals surface area contributed by atoms with Gasteiger partial charge in [-0.25, -0.2) is 0 Å². The van der Waals surface area contributed by atoms with Gasteiger partial charge < -0.3 is 15.3 Å². The molecule has 2 heterocycles. The topological polar surface area (TPSA) is 35.5 Å². The van der Waals surface area contributed by atoms with Crippen LogP contribution >= 0.6 is 0 Å². The van der Waals surface area contributed by atoms with Crippen LogP contribution < -0.4 is 5.32 Å². The first-order valence-electron chi connectivity index (χ1n) is 14.8. The molecule has 1 saturated carbocycles. The maximum absolute atomic E-state index is 9.69. The van der Waals surface area contributed by atoms with Crippen LogP contribution in [0.5, 0.6) is 0 Å². The monoisotopic (exact) mass is 470 g/mol. The van der Waals surface area contributed by atoms with E-state index in [1.807, 2.05) is 6.92 Å². The molecule has 4 rings (SSSR count). The Morgan fingerprint density at radius 3 is 2.59 bits per heavy atom. The van der Waals surface area contributed by atoms with Crippen molar-refractivity contribution < 1.29 is 5.11 Å². The average Bonchev–Trinajstić information content (AvgIpc) is 3.39. The first kappa shape index (κ1) is 26.3. The summed E-state index contributed by atoms with van der Waals surface area (Å²) < 4.78 is 0. The summed E-state index contributed by atoms with van der Waals surface area (Å²) >= 11 is 0. The fraction of sp³-hybridized carbons (Fsp3) is 0.871. The van der Waals surface area contributed by atoms with E-state index in [9.17, 15) is 5.11 Å². The molecular formula is C31H54N2O. The fourth-order valence-corrected chi connectivity index (χ4v) is 7.89. The zero-order chi connectivity index (χ0) is 24.6. The predicted molar refractivity (Wildman–Crippen MR) is 144 cm³/mol. The molecule has 3 nitrogen and oxygen atoms in total. The highest BCUT2D eigenvalue weighted by molar-refractivity contribution is 5.44. The van der Waals surface area contributed by atoms with Gasteiger partial charge in [0.25, 0.3) is 0 Å². The molecular weight excluding hydrogens is 416 g/mol. The third-order valence-electron chi connectivity index (χ3n) is 9.96. The van der Waals surface area contributed by atoms with Crippen molar-refractivity contribution in [2.24, 2.45) is 47.3 Å². The van der Waals surface area contributed by atoms with Gasteiger partial charge in [-0.15, -0.1) is 0 Å². The molecule has 0 aromatic rings. The van der Waals surface area contributed by atoms with Crippen LogP contribution in [0.25, 0.3) is 0 Å². The summed E-state index contributed by atoms with van der Waals surface area (Å²) in [5, 5.41) is 13.7. The fourth-order valence-electron chi connectivity index (χ4n) is 7.89. The molecule has 4 aliphatic rings. The third kappa shape index (κ3) is 5.31. The molecule has 0 bridgehead atoms. The van der Waals surface area contributed by atoms with Crippen LogP contribution in [-0.2, 0) is 0 Å². The van der Waals surface area contributed by atoms with E-state index in [-0.39, 0.29) is 6.10 Å². The summed E-state index contributed by atoms with van der Waals surface area (Å²) in [4.78, 5) is 2.92. The van der Waals surface area contributed by atoms with Crippen molar-refractivity contribution in [2.75, 3.05) is 13.1 Å². The van der Waals surface area contributed by atoms with Gasteiger partial charge in [0.2, 0.25) is 0 Å². The van der Waals surface area contributed by atoms with Gasteiger partial charge in [-0.3, -0.25) is 0 Å². The lowest BCUT2D eigenvalue weighted by Gasteiger charge is -2.39. The Morgan fingerprint density at radius 1 is 1.15 bits per heavy atom. The van der Waals surface area contributed by atoms with Crippen LogP contribution in [0.2, 0.25) is 0 Å². The van der Waals surface area contributed by atoms with Crippen molar-refractivity contribution in [1.82, 2.24) is 10.2 Å². The zero-order valence-corrected chi connectivity index (χ0v) is 23.3. The van der Waals surface area contributed by atoms with Gasteiger partial charge in [0.05, 0.1) is 6.10 Å². The Bertz CT molecular complexity index is 740. The highest BCUT2D eigenvalue weighted by Crippen LogP contribution is 2.58. The molecule has 0 spiro atoms. The Labute approximate surface area is 210 Å². The normalized spacial score (nSPS) is 39.7. The van der Waals surface area contributed by atoms with E-state index in [1.165, 1.54) is 45.1 Å². The van der Waals surface area contributed by atoms with Crippen LogP contribution in [0.1, 0.15) is 93.4 Å². The number of nitrogens with zero attached hydrogens (tertiary/aromatic N) is 1. The predicted octanol–water partition coefficient (Wildman–Crippen LogP) is 6.64. The number of hydrogen-bond acceptors (Lipinski definition) is 3. The first-order chi connectivity index (χ1) is 16.2. The molecule has 0 aromatic heterocycles. The maximum atomic E-state index is 9.69. The average molecular weight is 471 g/mol. The summed E-state index contributed by atoms with van der Waals surface area (Å²) in [6, 6.07) is 1.32. The second-order valence-electron chi connectivity index (χ2n) is 13.0. The van der Waals surface area contributed by atoms with E-state index in [2.05, 4.69) is 63.9 Å². The van der Waals surface area contributed by atoms with Crippen LogP contribution in [0.15, 0.2) is 23.4 Å². The van der Waals surface area contributed by atoms with E-state index >= 15 is 0 Å². The van der Waals surface area contributed by atoms with Crippen molar-refractivity contribution in [1.29, 1.82) is 0 Å². The van der Waals surface area contributed by atoms with Gasteiger partial charge in [-0.1, -0.05) is 60.1 Å². The van der Waals surface area contributed by atoms with Crippen LogP contribution in [0.4, 0.5) is 0 Å². The smallest absolute Gasteiger partial charge is 0.0514 e. The van der Waals surface area contributed by atoms with Crippen molar-refractivity contribution in [3.63, 3.8) is 0 Å². The first-order valence-corrected chi connectivity index (χ1v) is 14.8. The van der Waals surface area contributed by atoms with Gasteiger partial charge in [0, 0.05) is 42.1 Å². The molecule has 2 aliphatic heterocycles. The Morgan fingerprint density at radius 2 is 1.91 bits per heavy atom. The minimum Gasteiger partial charge on any atom is -0.393 e. The molecule has 0 amide bonds.